The molecule has 0 fully saturated rings. The van der Waals surface area contributed by atoms with Crippen LogP contribution in [0.25, 0.3) is 0 Å². The number of benzene rings is 2. The fourth-order valence-electron chi connectivity index (χ4n) is 1.96. The SMILES string of the molecule is COc1cccc(/C=N\NC(=O)c2cc(O)cc(O)c2)c1OC. The fraction of sp³-hybridized carbons (Fsp3) is 0.125. The number of hydrogen-bond acceptors (Lipinski definition) is 6. The highest BCUT2D eigenvalue weighted by molar-refractivity contribution is 5.96. The number of para-hydroxylation sites is 1. The van der Waals surface area contributed by atoms with Crippen LogP contribution in [-0.4, -0.2) is 36.6 Å². The highest BCUT2D eigenvalue weighted by atomic mass is 16.5. The van der Waals surface area contributed by atoms with E-state index in [4.69, 9.17) is 9.47 Å². The van der Waals surface area contributed by atoms with Crippen molar-refractivity contribution in [3.8, 4) is 23.0 Å². The topological polar surface area (TPSA) is 100 Å². The van der Waals surface area contributed by atoms with Gasteiger partial charge in [0.2, 0.25) is 0 Å². The molecule has 120 valence electrons. The van der Waals surface area contributed by atoms with Crippen molar-refractivity contribution in [3.05, 3.63) is 47.5 Å². The van der Waals surface area contributed by atoms with Crippen molar-refractivity contribution < 1.29 is 24.5 Å². The Morgan fingerprint density at radius 2 is 1.83 bits per heavy atom. The molecule has 3 N–H and O–H groups in total. The van der Waals surface area contributed by atoms with Crippen LogP contribution in [0.15, 0.2) is 41.5 Å². The van der Waals surface area contributed by atoms with Crippen LogP contribution < -0.4 is 14.9 Å². The molecule has 7 heteroatoms. The highest BCUT2D eigenvalue weighted by Gasteiger charge is 2.09. The molecule has 1 amide bonds. The van der Waals surface area contributed by atoms with Gasteiger partial charge in [0.15, 0.2) is 11.5 Å². The summed E-state index contributed by atoms with van der Waals surface area (Å²) in [6, 6.07) is 8.81. The van der Waals surface area contributed by atoms with E-state index in [0.29, 0.717) is 17.1 Å². The van der Waals surface area contributed by atoms with Gasteiger partial charge in [0.1, 0.15) is 11.5 Å². The van der Waals surface area contributed by atoms with E-state index in [1.807, 2.05) is 0 Å². The molecule has 0 aliphatic rings. The maximum Gasteiger partial charge on any atom is 0.271 e. The number of nitrogens with one attached hydrogen (secondary N) is 1. The molecule has 23 heavy (non-hydrogen) atoms. The van der Waals surface area contributed by atoms with Gasteiger partial charge in [0, 0.05) is 17.2 Å². The third-order valence-corrected chi connectivity index (χ3v) is 2.97. The molecule has 0 aliphatic heterocycles. The molecule has 0 aliphatic carbocycles. The predicted molar refractivity (Wildman–Crippen MR) is 84.4 cm³/mol. The second-order valence-electron chi connectivity index (χ2n) is 4.52. The first-order chi connectivity index (χ1) is 11.0. The number of carbonyl (C=O) groups excluding carboxylic acids is 1. The minimum atomic E-state index is -0.575. The van der Waals surface area contributed by atoms with Crippen molar-refractivity contribution in [2.45, 2.75) is 0 Å². The quantitative estimate of drug-likeness (QED) is 0.577. The van der Waals surface area contributed by atoms with Crippen molar-refractivity contribution in [1.82, 2.24) is 5.43 Å². The number of phenols is 2. The summed E-state index contributed by atoms with van der Waals surface area (Å²) in [5.74, 6) is 0.0279. The molecular formula is C16H16N2O5. The number of phenolic OH excluding ortho intramolecular Hbond substituents is 2. The van der Waals surface area contributed by atoms with E-state index in [9.17, 15) is 15.0 Å². The number of methoxy groups -OCH3 is 2. The lowest BCUT2D eigenvalue weighted by Crippen LogP contribution is -2.17. The highest BCUT2D eigenvalue weighted by Crippen LogP contribution is 2.29. The average molecular weight is 316 g/mol. The van der Waals surface area contributed by atoms with Gasteiger partial charge in [-0.1, -0.05) is 6.07 Å². The Labute approximate surface area is 132 Å². The van der Waals surface area contributed by atoms with Crippen molar-refractivity contribution in [2.24, 2.45) is 5.10 Å². The first-order valence-electron chi connectivity index (χ1n) is 6.62. The summed E-state index contributed by atoms with van der Waals surface area (Å²) in [5.41, 5.74) is 3.00. The van der Waals surface area contributed by atoms with E-state index < -0.39 is 5.91 Å². The van der Waals surface area contributed by atoms with E-state index in [0.717, 1.165) is 6.07 Å². The number of carbonyl (C=O) groups is 1. The number of hydrazone groups is 1. The zero-order valence-electron chi connectivity index (χ0n) is 12.6. The second-order valence-corrected chi connectivity index (χ2v) is 4.52. The van der Waals surface area contributed by atoms with E-state index >= 15 is 0 Å². The molecule has 7 nitrogen and oxygen atoms in total. The largest absolute Gasteiger partial charge is 0.508 e. The monoisotopic (exact) mass is 316 g/mol. The zero-order chi connectivity index (χ0) is 16.8. The van der Waals surface area contributed by atoms with Crippen molar-refractivity contribution >= 4 is 12.1 Å². The molecule has 2 aromatic carbocycles. The third kappa shape index (κ3) is 3.91. The number of nitrogens with zero attached hydrogens (tertiary/aromatic N) is 1. The molecule has 0 aromatic heterocycles. The van der Waals surface area contributed by atoms with E-state index in [1.54, 1.807) is 18.2 Å². The van der Waals surface area contributed by atoms with E-state index in [2.05, 4.69) is 10.5 Å². The van der Waals surface area contributed by atoms with Crippen LogP contribution in [-0.2, 0) is 0 Å². The lowest BCUT2D eigenvalue weighted by atomic mass is 10.2. The molecule has 0 atom stereocenters. The predicted octanol–water partition coefficient (Wildman–Crippen LogP) is 1.88. The minimum absolute atomic E-state index is 0.0808. The summed E-state index contributed by atoms with van der Waals surface area (Å²) in [5, 5.41) is 22.6. The molecule has 0 heterocycles. The fourth-order valence-corrected chi connectivity index (χ4v) is 1.96. The van der Waals surface area contributed by atoms with Gasteiger partial charge in [0.05, 0.1) is 20.4 Å². The van der Waals surface area contributed by atoms with Crippen LogP contribution in [0, 0.1) is 0 Å². The lowest BCUT2D eigenvalue weighted by Gasteiger charge is -2.09. The van der Waals surface area contributed by atoms with Gasteiger partial charge in [-0.3, -0.25) is 4.79 Å². The van der Waals surface area contributed by atoms with Gasteiger partial charge < -0.3 is 19.7 Å². The summed E-state index contributed by atoms with van der Waals surface area (Å²) in [6.07, 6.45) is 1.40. The average Bonchev–Trinajstić information content (AvgIpc) is 2.53. The van der Waals surface area contributed by atoms with Gasteiger partial charge in [0.25, 0.3) is 5.91 Å². The number of aromatic hydroxyl groups is 2. The molecule has 0 unspecified atom stereocenters. The number of amides is 1. The molecule has 0 spiro atoms. The van der Waals surface area contributed by atoms with E-state index in [1.165, 1.54) is 32.6 Å². The Hall–Kier alpha value is -3.22. The Morgan fingerprint density at radius 3 is 2.43 bits per heavy atom. The maximum atomic E-state index is 11.9. The Bertz CT molecular complexity index is 723. The Morgan fingerprint density at radius 1 is 1.13 bits per heavy atom. The summed E-state index contributed by atoms with van der Waals surface area (Å²) >= 11 is 0. The van der Waals surface area contributed by atoms with Crippen molar-refractivity contribution in [3.63, 3.8) is 0 Å². The van der Waals surface area contributed by atoms with Gasteiger partial charge in [-0.2, -0.15) is 5.10 Å². The van der Waals surface area contributed by atoms with Gasteiger partial charge in [-0.25, -0.2) is 5.43 Å². The van der Waals surface area contributed by atoms with Crippen LogP contribution in [0.4, 0.5) is 0 Å². The molecule has 2 rings (SSSR count). The van der Waals surface area contributed by atoms with Crippen LogP contribution in [0.3, 0.4) is 0 Å². The molecule has 0 radical (unpaired) electrons. The maximum absolute atomic E-state index is 11.9. The Balaban J connectivity index is 2.14. The van der Waals surface area contributed by atoms with Crippen LogP contribution in [0.1, 0.15) is 15.9 Å². The smallest absolute Gasteiger partial charge is 0.271 e. The summed E-state index contributed by atoms with van der Waals surface area (Å²) in [6.45, 7) is 0. The first-order valence-corrected chi connectivity index (χ1v) is 6.62. The number of rotatable bonds is 5. The normalized spacial score (nSPS) is 10.5. The van der Waals surface area contributed by atoms with Gasteiger partial charge >= 0.3 is 0 Å². The number of ether oxygens (including phenoxy) is 2. The second kappa shape index (κ2) is 7.17. The standard InChI is InChI=1S/C16H16N2O5/c1-22-14-5-3-4-10(15(14)23-2)9-17-18-16(21)11-6-12(19)8-13(20)7-11/h3-9,19-20H,1-2H3,(H,18,21)/b17-9-. The van der Waals surface area contributed by atoms with Crippen molar-refractivity contribution in [1.29, 1.82) is 0 Å². The summed E-state index contributed by atoms with van der Waals surface area (Å²) in [7, 11) is 3.03. The summed E-state index contributed by atoms with van der Waals surface area (Å²) in [4.78, 5) is 11.9. The van der Waals surface area contributed by atoms with Crippen molar-refractivity contribution in [2.75, 3.05) is 14.2 Å². The molecular weight excluding hydrogens is 300 g/mol. The molecule has 0 saturated carbocycles. The molecule has 2 aromatic rings. The summed E-state index contributed by atoms with van der Waals surface area (Å²) < 4.78 is 10.4. The Kier molecular flexibility index (Phi) is 5.03. The minimum Gasteiger partial charge on any atom is -0.508 e. The first kappa shape index (κ1) is 16.2. The number of hydrogen-bond donors (Lipinski definition) is 3. The molecule has 0 saturated heterocycles. The lowest BCUT2D eigenvalue weighted by molar-refractivity contribution is 0.0954. The van der Waals surface area contributed by atoms with E-state index in [-0.39, 0.29) is 17.1 Å². The van der Waals surface area contributed by atoms with Crippen LogP contribution in [0.2, 0.25) is 0 Å². The molecule has 0 bridgehead atoms. The van der Waals surface area contributed by atoms with Gasteiger partial charge in [-0.15, -0.1) is 0 Å². The van der Waals surface area contributed by atoms with Crippen LogP contribution >= 0.6 is 0 Å². The third-order valence-electron chi connectivity index (χ3n) is 2.97. The van der Waals surface area contributed by atoms with Crippen LogP contribution in [0.5, 0.6) is 23.0 Å². The zero-order valence-corrected chi connectivity index (χ0v) is 12.6. The van der Waals surface area contributed by atoms with Gasteiger partial charge in [-0.05, 0) is 24.3 Å².